The van der Waals surface area contributed by atoms with Crippen LogP contribution >= 0.6 is 0 Å². The first-order valence-corrected chi connectivity index (χ1v) is 6.25. The molecule has 3 rings (SSSR count). The highest BCUT2D eigenvalue weighted by Gasteiger charge is 2.21. The summed E-state index contributed by atoms with van der Waals surface area (Å²) in [6, 6.07) is 2.71. The van der Waals surface area contributed by atoms with Gasteiger partial charge in [0.1, 0.15) is 11.6 Å². The van der Waals surface area contributed by atoms with Crippen molar-refractivity contribution in [2.24, 2.45) is 7.05 Å². The zero-order valence-corrected chi connectivity index (χ0v) is 10.7. The molecule has 96 valence electrons. The van der Waals surface area contributed by atoms with Gasteiger partial charge in [-0.05, 0) is 25.1 Å². The lowest BCUT2D eigenvalue weighted by Crippen LogP contribution is -2.21. The molecule has 3 nitrogen and oxygen atoms in total. The Morgan fingerprint density at radius 2 is 1.89 bits per heavy atom. The first-order valence-electron chi connectivity index (χ1n) is 6.25. The van der Waals surface area contributed by atoms with Gasteiger partial charge in [0.05, 0.1) is 5.52 Å². The Morgan fingerprint density at radius 1 is 1.17 bits per heavy atom. The lowest BCUT2D eigenvalue weighted by molar-refractivity contribution is 0.351. The van der Waals surface area contributed by atoms with Crippen LogP contribution in [-0.2, 0) is 19.9 Å². The number of phenolic OH excluding ortho intramolecular Hbond substituents is 1. The van der Waals surface area contributed by atoms with E-state index in [1.165, 1.54) is 23.4 Å². The van der Waals surface area contributed by atoms with Crippen molar-refractivity contribution in [2.75, 3.05) is 20.1 Å². The molecule has 0 bridgehead atoms. The molecular weight excluding hydrogens is 231 g/mol. The van der Waals surface area contributed by atoms with Gasteiger partial charge in [-0.15, -0.1) is 0 Å². The van der Waals surface area contributed by atoms with E-state index in [-0.39, 0.29) is 11.6 Å². The van der Waals surface area contributed by atoms with E-state index in [0.717, 1.165) is 36.8 Å². The number of fused-ring (bicyclic) bond motifs is 3. The first kappa shape index (κ1) is 11.5. The summed E-state index contributed by atoms with van der Waals surface area (Å²) >= 11 is 0. The summed E-state index contributed by atoms with van der Waals surface area (Å²) in [4.78, 5) is 2.28. The highest BCUT2D eigenvalue weighted by Crippen LogP contribution is 2.35. The monoisotopic (exact) mass is 248 g/mol. The molecule has 0 amide bonds. The standard InChI is InChI=1S/C14H17FN2O/c1-16-5-3-10-11(4-6-16)17(2)12-7-9(15)8-13(18)14(10)12/h7-8,18H,3-6H2,1-2H3. The van der Waals surface area contributed by atoms with Gasteiger partial charge >= 0.3 is 0 Å². The van der Waals surface area contributed by atoms with Crippen LogP contribution < -0.4 is 0 Å². The summed E-state index contributed by atoms with van der Waals surface area (Å²) in [5.74, 6) is -0.320. The molecule has 1 aromatic heterocycles. The van der Waals surface area contributed by atoms with Crippen LogP contribution in [0.1, 0.15) is 11.3 Å². The lowest BCUT2D eigenvalue weighted by Gasteiger charge is -2.12. The Hall–Kier alpha value is -1.55. The molecule has 0 atom stereocenters. The van der Waals surface area contributed by atoms with E-state index in [2.05, 4.69) is 11.9 Å². The van der Waals surface area contributed by atoms with Crippen molar-refractivity contribution >= 4 is 10.9 Å². The fourth-order valence-electron chi connectivity index (χ4n) is 2.94. The van der Waals surface area contributed by atoms with Gasteiger partial charge in [0, 0.05) is 43.7 Å². The lowest BCUT2D eigenvalue weighted by atomic mass is 10.1. The molecule has 0 unspecified atom stereocenters. The van der Waals surface area contributed by atoms with Crippen molar-refractivity contribution in [2.45, 2.75) is 12.8 Å². The Bertz CT molecular complexity index is 618. The van der Waals surface area contributed by atoms with Gasteiger partial charge in [0.2, 0.25) is 0 Å². The number of phenols is 1. The van der Waals surface area contributed by atoms with Gasteiger partial charge in [-0.2, -0.15) is 0 Å². The minimum Gasteiger partial charge on any atom is -0.507 e. The third-order valence-corrected chi connectivity index (χ3v) is 3.95. The number of hydrogen-bond acceptors (Lipinski definition) is 2. The van der Waals surface area contributed by atoms with Gasteiger partial charge in [0.25, 0.3) is 0 Å². The summed E-state index contributed by atoms with van der Waals surface area (Å²) < 4.78 is 15.4. The predicted molar refractivity (Wildman–Crippen MR) is 69.4 cm³/mol. The summed E-state index contributed by atoms with van der Waals surface area (Å²) in [5, 5.41) is 10.8. The second-order valence-electron chi connectivity index (χ2n) is 5.11. The molecule has 18 heavy (non-hydrogen) atoms. The molecule has 0 fully saturated rings. The van der Waals surface area contributed by atoms with E-state index in [0.29, 0.717) is 0 Å². The van der Waals surface area contributed by atoms with Gasteiger partial charge in [-0.25, -0.2) is 4.39 Å². The normalized spacial score (nSPS) is 16.8. The maximum Gasteiger partial charge on any atom is 0.129 e. The largest absolute Gasteiger partial charge is 0.507 e. The van der Waals surface area contributed by atoms with Crippen LogP contribution in [0.2, 0.25) is 0 Å². The van der Waals surface area contributed by atoms with E-state index < -0.39 is 0 Å². The molecule has 0 saturated heterocycles. The number of aromatic nitrogens is 1. The van der Waals surface area contributed by atoms with Crippen LogP contribution in [0, 0.1) is 5.82 Å². The molecule has 1 N–H and O–H groups in total. The minimum absolute atomic E-state index is 0.0615. The van der Waals surface area contributed by atoms with Gasteiger partial charge in [-0.3, -0.25) is 0 Å². The van der Waals surface area contributed by atoms with Crippen LogP contribution in [-0.4, -0.2) is 34.7 Å². The molecule has 0 aliphatic carbocycles. The Labute approximate surface area is 105 Å². The molecule has 1 aliphatic rings. The number of benzene rings is 1. The highest BCUT2D eigenvalue weighted by atomic mass is 19.1. The molecule has 2 heterocycles. The number of nitrogens with zero attached hydrogens (tertiary/aromatic N) is 2. The zero-order chi connectivity index (χ0) is 12.9. The van der Waals surface area contributed by atoms with E-state index in [1.807, 2.05) is 11.6 Å². The zero-order valence-electron chi connectivity index (χ0n) is 10.7. The second kappa shape index (κ2) is 3.99. The van der Waals surface area contributed by atoms with Crippen LogP contribution in [0.3, 0.4) is 0 Å². The maximum atomic E-state index is 13.4. The van der Waals surface area contributed by atoms with Crippen molar-refractivity contribution in [1.29, 1.82) is 0 Å². The number of aryl methyl sites for hydroxylation is 1. The molecule has 0 spiro atoms. The minimum atomic E-state index is -0.382. The number of hydrogen-bond donors (Lipinski definition) is 1. The van der Waals surface area contributed by atoms with E-state index >= 15 is 0 Å². The summed E-state index contributed by atoms with van der Waals surface area (Å²) in [5.41, 5.74) is 3.19. The van der Waals surface area contributed by atoms with E-state index in [9.17, 15) is 9.50 Å². The molecule has 0 saturated carbocycles. The Morgan fingerprint density at radius 3 is 2.67 bits per heavy atom. The van der Waals surface area contributed by atoms with Crippen molar-refractivity contribution < 1.29 is 9.50 Å². The molecule has 1 aromatic carbocycles. The summed E-state index contributed by atoms with van der Waals surface area (Å²) in [7, 11) is 4.05. The van der Waals surface area contributed by atoms with Crippen molar-refractivity contribution in [3.63, 3.8) is 0 Å². The van der Waals surface area contributed by atoms with Crippen LogP contribution in [0.5, 0.6) is 5.75 Å². The molecule has 0 radical (unpaired) electrons. The first-order chi connectivity index (χ1) is 8.58. The maximum absolute atomic E-state index is 13.4. The van der Waals surface area contributed by atoms with Gasteiger partial charge in [0.15, 0.2) is 0 Å². The topological polar surface area (TPSA) is 28.4 Å². The smallest absolute Gasteiger partial charge is 0.129 e. The van der Waals surface area contributed by atoms with E-state index in [1.54, 1.807) is 0 Å². The molecular formula is C14H17FN2O. The third-order valence-electron chi connectivity index (χ3n) is 3.95. The number of halogens is 1. The van der Waals surface area contributed by atoms with Crippen LogP contribution in [0.15, 0.2) is 12.1 Å². The van der Waals surface area contributed by atoms with Crippen LogP contribution in [0.25, 0.3) is 10.9 Å². The van der Waals surface area contributed by atoms with Gasteiger partial charge in [-0.1, -0.05) is 0 Å². The second-order valence-corrected chi connectivity index (χ2v) is 5.11. The average Bonchev–Trinajstić information content (AvgIpc) is 2.46. The van der Waals surface area contributed by atoms with Crippen molar-refractivity contribution in [1.82, 2.24) is 9.47 Å². The molecule has 2 aromatic rings. The average molecular weight is 248 g/mol. The van der Waals surface area contributed by atoms with E-state index in [4.69, 9.17) is 0 Å². The Kier molecular flexibility index (Phi) is 2.55. The fraction of sp³-hybridized carbons (Fsp3) is 0.429. The number of aromatic hydroxyl groups is 1. The summed E-state index contributed by atoms with van der Waals surface area (Å²) in [6.07, 6.45) is 1.85. The Balaban J connectivity index is 2.30. The highest BCUT2D eigenvalue weighted by molar-refractivity contribution is 5.91. The van der Waals surface area contributed by atoms with Crippen LogP contribution in [0.4, 0.5) is 4.39 Å². The van der Waals surface area contributed by atoms with Gasteiger partial charge < -0.3 is 14.6 Å². The molecule has 4 heteroatoms. The number of rotatable bonds is 0. The number of likely N-dealkylation sites (N-methyl/N-ethyl adjacent to an activating group) is 1. The van der Waals surface area contributed by atoms with Crippen molar-refractivity contribution in [3.05, 3.63) is 29.2 Å². The molecule has 1 aliphatic heterocycles. The fourth-order valence-corrected chi connectivity index (χ4v) is 2.94. The quantitative estimate of drug-likeness (QED) is 0.773. The predicted octanol–water partition coefficient (Wildman–Crippen LogP) is 2.05. The summed E-state index contributed by atoms with van der Waals surface area (Å²) in [6.45, 7) is 1.98. The third kappa shape index (κ3) is 1.60. The SMILES string of the molecule is CN1CCc2c(n(C)c3cc(F)cc(O)c23)CC1. The van der Waals surface area contributed by atoms with Crippen molar-refractivity contribution in [3.8, 4) is 5.75 Å².